The summed E-state index contributed by atoms with van der Waals surface area (Å²) >= 11 is 3.38. The van der Waals surface area contributed by atoms with E-state index in [9.17, 15) is 4.79 Å². The number of hydrogen-bond acceptors (Lipinski definition) is 1. The SMILES string of the molecule is C#CCCCCNC(=O)c1cc(C)ccc1Br. The third-order valence-corrected chi connectivity index (χ3v) is 3.09. The van der Waals surface area contributed by atoms with Gasteiger partial charge in [-0.1, -0.05) is 11.6 Å². The molecule has 0 aliphatic heterocycles. The molecule has 0 saturated heterocycles. The van der Waals surface area contributed by atoms with Crippen LogP contribution >= 0.6 is 15.9 Å². The monoisotopic (exact) mass is 293 g/mol. The maximum absolute atomic E-state index is 11.9. The van der Waals surface area contributed by atoms with Crippen molar-refractivity contribution in [2.75, 3.05) is 6.54 Å². The highest BCUT2D eigenvalue weighted by Crippen LogP contribution is 2.17. The summed E-state index contributed by atoms with van der Waals surface area (Å²) in [4.78, 5) is 11.9. The molecule has 1 amide bonds. The molecule has 0 radical (unpaired) electrons. The summed E-state index contributed by atoms with van der Waals surface area (Å²) in [7, 11) is 0. The quantitative estimate of drug-likeness (QED) is 0.655. The molecule has 1 aromatic rings. The van der Waals surface area contributed by atoms with Crippen molar-refractivity contribution in [1.82, 2.24) is 5.32 Å². The first-order valence-corrected chi connectivity index (χ1v) is 6.42. The lowest BCUT2D eigenvalue weighted by molar-refractivity contribution is 0.0952. The number of rotatable bonds is 5. The Kier molecular flexibility index (Phi) is 5.79. The van der Waals surface area contributed by atoms with E-state index in [2.05, 4.69) is 27.2 Å². The zero-order valence-corrected chi connectivity index (χ0v) is 11.5. The summed E-state index contributed by atoms with van der Waals surface area (Å²) in [5.41, 5.74) is 1.76. The van der Waals surface area contributed by atoms with Gasteiger partial charge in [-0.25, -0.2) is 0 Å². The second-order valence-electron chi connectivity index (χ2n) is 3.90. The Morgan fingerprint density at radius 2 is 2.24 bits per heavy atom. The van der Waals surface area contributed by atoms with Crippen LogP contribution in [0, 0.1) is 19.3 Å². The molecule has 90 valence electrons. The Morgan fingerprint density at radius 1 is 1.47 bits per heavy atom. The van der Waals surface area contributed by atoms with Gasteiger partial charge in [0.25, 0.3) is 5.91 Å². The molecule has 0 spiro atoms. The molecular formula is C14H16BrNO. The average molecular weight is 294 g/mol. The van der Waals surface area contributed by atoms with Crippen molar-refractivity contribution in [3.8, 4) is 12.3 Å². The average Bonchev–Trinajstić information content (AvgIpc) is 2.32. The molecule has 0 fully saturated rings. The van der Waals surface area contributed by atoms with Crippen LogP contribution in [0.1, 0.15) is 35.2 Å². The normalized spacial score (nSPS) is 9.71. The van der Waals surface area contributed by atoms with Crippen LogP contribution in [0.4, 0.5) is 0 Å². The van der Waals surface area contributed by atoms with Crippen molar-refractivity contribution in [1.29, 1.82) is 0 Å². The zero-order valence-electron chi connectivity index (χ0n) is 9.92. The molecule has 2 nitrogen and oxygen atoms in total. The molecule has 0 aromatic heterocycles. The summed E-state index contributed by atoms with van der Waals surface area (Å²) < 4.78 is 0.823. The van der Waals surface area contributed by atoms with E-state index in [-0.39, 0.29) is 5.91 Å². The van der Waals surface area contributed by atoms with Gasteiger partial charge in [0, 0.05) is 17.4 Å². The van der Waals surface area contributed by atoms with Gasteiger partial charge in [0.2, 0.25) is 0 Å². The van der Waals surface area contributed by atoms with Gasteiger partial charge in [0.05, 0.1) is 5.56 Å². The third kappa shape index (κ3) is 4.62. The Balaban J connectivity index is 2.47. The zero-order chi connectivity index (χ0) is 12.7. The van der Waals surface area contributed by atoms with Crippen molar-refractivity contribution in [2.45, 2.75) is 26.2 Å². The predicted molar refractivity (Wildman–Crippen MR) is 73.9 cm³/mol. The molecule has 0 heterocycles. The van der Waals surface area contributed by atoms with Crippen LogP contribution in [0.15, 0.2) is 22.7 Å². The Bertz CT molecular complexity index is 434. The fraction of sp³-hybridized carbons (Fsp3) is 0.357. The highest BCUT2D eigenvalue weighted by molar-refractivity contribution is 9.10. The van der Waals surface area contributed by atoms with E-state index in [1.165, 1.54) is 0 Å². The minimum absolute atomic E-state index is 0.0405. The second kappa shape index (κ2) is 7.13. The third-order valence-electron chi connectivity index (χ3n) is 2.40. The highest BCUT2D eigenvalue weighted by Gasteiger charge is 2.08. The minimum atomic E-state index is -0.0405. The van der Waals surface area contributed by atoms with Gasteiger partial charge >= 0.3 is 0 Å². The fourth-order valence-corrected chi connectivity index (χ4v) is 1.89. The van der Waals surface area contributed by atoms with E-state index in [0.717, 1.165) is 29.3 Å². The largest absolute Gasteiger partial charge is 0.352 e. The predicted octanol–water partition coefficient (Wildman–Crippen LogP) is 3.29. The topological polar surface area (TPSA) is 29.1 Å². The van der Waals surface area contributed by atoms with Gasteiger partial charge in [0.1, 0.15) is 0 Å². The molecule has 0 unspecified atom stereocenters. The van der Waals surface area contributed by atoms with Crippen LogP contribution in [-0.4, -0.2) is 12.5 Å². The summed E-state index contributed by atoms with van der Waals surface area (Å²) in [5, 5.41) is 2.89. The van der Waals surface area contributed by atoms with Crippen molar-refractivity contribution >= 4 is 21.8 Å². The molecule has 1 rings (SSSR count). The summed E-state index contributed by atoms with van der Waals surface area (Å²) in [6.07, 6.45) is 7.79. The summed E-state index contributed by atoms with van der Waals surface area (Å²) in [6, 6.07) is 5.73. The minimum Gasteiger partial charge on any atom is -0.352 e. The van der Waals surface area contributed by atoms with Gasteiger partial charge in [0.15, 0.2) is 0 Å². The molecule has 0 bridgehead atoms. The van der Waals surface area contributed by atoms with Crippen molar-refractivity contribution in [2.24, 2.45) is 0 Å². The molecule has 1 aromatic carbocycles. The Labute approximate surface area is 111 Å². The summed E-state index contributed by atoms with van der Waals surface area (Å²) in [6.45, 7) is 2.64. The lowest BCUT2D eigenvalue weighted by atomic mass is 10.1. The number of aryl methyl sites for hydroxylation is 1. The van der Waals surface area contributed by atoms with E-state index >= 15 is 0 Å². The second-order valence-corrected chi connectivity index (χ2v) is 4.75. The number of unbranched alkanes of at least 4 members (excludes halogenated alkanes) is 2. The number of carbonyl (C=O) groups excluding carboxylic acids is 1. The first-order valence-electron chi connectivity index (χ1n) is 5.63. The Hall–Kier alpha value is -1.27. The molecule has 0 atom stereocenters. The number of amides is 1. The first kappa shape index (κ1) is 13.8. The molecule has 17 heavy (non-hydrogen) atoms. The lowest BCUT2D eigenvalue weighted by Gasteiger charge is -2.07. The van der Waals surface area contributed by atoms with Gasteiger partial charge in [-0.2, -0.15) is 0 Å². The van der Waals surface area contributed by atoms with E-state index in [0.29, 0.717) is 12.1 Å². The van der Waals surface area contributed by atoms with Crippen LogP contribution in [0.3, 0.4) is 0 Å². The number of halogens is 1. The Morgan fingerprint density at radius 3 is 2.94 bits per heavy atom. The van der Waals surface area contributed by atoms with E-state index in [1.54, 1.807) is 0 Å². The van der Waals surface area contributed by atoms with Crippen LogP contribution in [0.5, 0.6) is 0 Å². The van der Waals surface area contributed by atoms with E-state index in [1.807, 2.05) is 25.1 Å². The number of carbonyl (C=O) groups is 1. The standard InChI is InChI=1S/C14H16BrNO/c1-3-4-5-6-9-16-14(17)12-10-11(2)7-8-13(12)15/h1,7-8,10H,4-6,9H2,2H3,(H,16,17). The molecule has 0 aliphatic rings. The van der Waals surface area contributed by atoms with E-state index < -0.39 is 0 Å². The van der Waals surface area contributed by atoms with Crippen molar-refractivity contribution in [3.63, 3.8) is 0 Å². The van der Waals surface area contributed by atoms with Crippen molar-refractivity contribution < 1.29 is 4.79 Å². The van der Waals surface area contributed by atoms with Gasteiger partial charge in [-0.15, -0.1) is 12.3 Å². The van der Waals surface area contributed by atoms with Crippen LogP contribution in [-0.2, 0) is 0 Å². The van der Waals surface area contributed by atoms with Crippen LogP contribution < -0.4 is 5.32 Å². The maximum atomic E-state index is 11.9. The van der Waals surface area contributed by atoms with Gasteiger partial charge in [-0.05, 0) is 47.8 Å². The number of nitrogens with one attached hydrogen (secondary N) is 1. The number of benzene rings is 1. The van der Waals surface area contributed by atoms with Crippen LogP contribution in [0.2, 0.25) is 0 Å². The number of hydrogen-bond donors (Lipinski definition) is 1. The maximum Gasteiger partial charge on any atom is 0.252 e. The molecule has 3 heteroatoms. The summed E-state index contributed by atoms with van der Waals surface area (Å²) in [5.74, 6) is 2.54. The van der Waals surface area contributed by atoms with Crippen LogP contribution in [0.25, 0.3) is 0 Å². The first-order chi connectivity index (χ1) is 8.15. The lowest BCUT2D eigenvalue weighted by Crippen LogP contribution is -2.24. The van der Waals surface area contributed by atoms with E-state index in [4.69, 9.17) is 6.42 Å². The molecular weight excluding hydrogens is 278 g/mol. The number of terminal acetylenes is 1. The smallest absolute Gasteiger partial charge is 0.252 e. The molecule has 0 saturated carbocycles. The highest BCUT2D eigenvalue weighted by atomic mass is 79.9. The molecule has 0 aliphatic carbocycles. The van der Waals surface area contributed by atoms with Gasteiger partial charge < -0.3 is 5.32 Å². The fourth-order valence-electron chi connectivity index (χ4n) is 1.46. The van der Waals surface area contributed by atoms with Crippen molar-refractivity contribution in [3.05, 3.63) is 33.8 Å². The molecule has 1 N–H and O–H groups in total. The van der Waals surface area contributed by atoms with Gasteiger partial charge in [-0.3, -0.25) is 4.79 Å².